The Morgan fingerprint density at radius 2 is 1.74 bits per heavy atom. The molecule has 2 aromatic carbocycles. The topological polar surface area (TPSA) is 99.8 Å². The summed E-state index contributed by atoms with van der Waals surface area (Å²) in [7, 11) is -2.43. The molecule has 0 radical (unpaired) electrons. The highest BCUT2D eigenvalue weighted by Gasteiger charge is 2.44. The summed E-state index contributed by atoms with van der Waals surface area (Å²) in [5.41, 5.74) is 6.91. The van der Waals surface area contributed by atoms with E-state index in [-0.39, 0.29) is 17.8 Å². The van der Waals surface area contributed by atoms with Gasteiger partial charge in [-0.05, 0) is 62.7 Å². The molecule has 1 aliphatic heterocycles. The lowest BCUT2D eigenvalue weighted by Crippen LogP contribution is -2.49. The predicted octanol–water partition coefficient (Wildman–Crippen LogP) is 2.17. The maximum absolute atomic E-state index is 13.8. The van der Waals surface area contributed by atoms with Gasteiger partial charge in [0.2, 0.25) is 15.9 Å². The van der Waals surface area contributed by atoms with E-state index in [0.717, 1.165) is 4.31 Å². The van der Waals surface area contributed by atoms with Crippen molar-refractivity contribution in [3.05, 3.63) is 53.8 Å². The first-order valence-corrected chi connectivity index (χ1v) is 11.4. The van der Waals surface area contributed by atoms with Crippen molar-refractivity contribution < 1.29 is 22.3 Å². The molecule has 1 aliphatic rings. The number of hydrogen-bond donors (Lipinski definition) is 3. The number of amides is 1. The van der Waals surface area contributed by atoms with Crippen LogP contribution in [-0.4, -0.2) is 45.3 Å². The van der Waals surface area contributed by atoms with Crippen molar-refractivity contribution in [2.45, 2.75) is 38.1 Å². The van der Waals surface area contributed by atoms with Gasteiger partial charge in [0, 0.05) is 17.8 Å². The van der Waals surface area contributed by atoms with Crippen LogP contribution in [-0.2, 0) is 14.8 Å². The summed E-state index contributed by atoms with van der Waals surface area (Å²) in [6.45, 7) is 4.69. The molecule has 2 unspecified atom stereocenters. The Morgan fingerprint density at radius 1 is 1.13 bits per heavy atom. The van der Waals surface area contributed by atoms with Gasteiger partial charge in [-0.1, -0.05) is 6.07 Å². The lowest BCUT2D eigenvalue weighted by molar-refractivity contribution is -0.114. The number of anilines is 2. The smallest absolute Gasteiger partial charge is 0.245 e. The van der Waals surface area contributed by atoms with E-state index in [1.807, 2.05) is 0 Å². The van der Waals surface area contributed by atoms with Crippen molar-refractivity contribution in [3.63, 3.8) is 0 Å². The summed E-state index contributed by atoms with van der Waals surface area (Å²) in [6, 6.07) is 10.0. The molecule has 8 nitrogen and oxygen atoms in total. The molecule has 3 N–H and O–H groups in total. The van der Waals surface area contributed by atoms with Crippen LogP contribution in [0.15, 0.2) is 42.5 Å². The van der Waals surface area contributed by atoms with Crippen molar-refractivity contribution in [1.82, 2.24) is 10.9 Å². The van der Waals surface area contributed by atoms with E-state index in [9.17, 15) is 17.6 Å². The number of carbonyl (C=O) groups excluding carboxylic acids is 1. The molecule has 1 amide bonds. The molecule has 2 atom stereocenters. The second-order valence-corrected chi connectivity index (χ2v) is 9.61. The van der Waals surface area contributed by atoms with Gasteiger partial charge in [0.05, 0.1) is 12.8 Å². The first kappa shape index (κ1) is 23.0. The van der Waals surface area contributed by atoms with E-state index < -0.39 is 33.5 Å². The van der Waals surface area contributed by atoms with Crippen LogP contribution in [0.25, 0.3) is 0 Å². The Kier molecular flexibility index (Phi) is 6.83. The van der Waals surface area contributed by atoms with Crippen LogP contribution in [0.4, 0.5) is 15.8 Å². The van der Waals surface area contributed by atoms with Crippen LogP contribution >= 0.6 is 0 Å². The number of methoxy groups -OCH3 is 1. The molecule has 0 aromatic heterocycles. The standard InChI is InChI=1S/C21H27FN4O4S/c1-13-5-6-16(11-19(13)22)23-20(27)12-26(17-7-9-18(30-4)10-8-17)31(28,29)21-14(2)24-25-15(21)3/h5-11,14-15,21,24-25H,12H2,1-4H3,(H,23,27). The van der Waals surface area contributed by atoms with Crippen LogP contribution in [0.2, 0.25) is 0 Å². The molecular formula is C21H27FN4O4S. The molecule has 0 aliphatic carbocycles. The van der Waals surface area contributed by atoms with Gasteiger partial charge in [-0.3, -0.25) is 20.0 Å². The Balaban J connectivity index is 1.91. The molecule has 31 heavy (non-hydrogen) atoms. The third-order valence-electron chi connectivity index (χ3n) is 5.28. The van der Waals surface area contributed by atoms with E-state index >= 15 is 0 Å². The Morgan fingerprint density at radius 3 is 2.29 bits per heavy atom. The quantitative estimate of drug-likeness (QED) is 0.598. The highest BCUT2D eigenvalue weighted by molar-refractivity contribution is 7.93. The van der Waals surface area contributed by atoms with Crippen molar-refractivity contribution in [2.75, 3.05) is 23.3 Å². The van der Waals surface area contributed by atoms with Crippen molar-refractivity contribution in [1.29, 1.82) is 0 Å². The minimum Gasteiger partial charge on any atom is -0.497 e. The Labute approximate surface area is 181 Å². The number of carbonyl (C=O) groups is 1. The predicted molar refractivity (Wildman–Crippen MR) is 118 cm³/mol. The summed E-state index contributed by atoms with van der Waals surface area (Å²) < 4.78 is 47.2. The number of halogens is 1. The average molecular weight is 451 g/mol. The molecule has 1 fully saturated rings. The SMILES string of the molecule is COc1ccc(N(CC(=O)Nc2ccc(C)c(F)c2)S(=O)(=O)C2C(C)NNC2C)cc1. The zero-order chi connectivity index (χ0) is 22.8. The van der Waals surface area contributed by atoms with Crippen molar-refractivity contribution >= 4 is 27.3 Å². The van der Waals surface area contributed by atoms with Gasteiger partial charge in [0.1, 0.15) is 23.4 Å². The van der Waals surface area contributed by atoms with Crippen molar-refractivity contribution in [3.8, 4) is 5.75 Å². The first-order valence-electron chi connectivity index (χ1n) is 9.86. The molecular weight excluding hydrogens is 423 g/mol. The van der Waals surface area contributed by atoms with Crippen molar-refractivity contribution in [2.24, 2.45) is 0 Å². The first-order chi connectivity index (χ1) is 14.6. The summed E-state index contributed by atoms with van der Waals surface area (Å²) in [4.78, 5) is 12.7. The molecule has 0 saturated carbocycles. The fraction of sp³-hybridized carbons (Fsp3) is 0.381. The number of sulfonamides is 1. The van der Waals surface area contributed by atoms with Gasteiger partial charge in [-0.15, -0.1) is 0 Å². The molecule has 3 rings (SSSR count). The molecule has 1 saturated heterocycles. The number of hydrazine groups is 1. The highest BCUT2D eigenvalue weighted by Crippen LogP contribution is 2.27. The van der Waals surface area contributed by atoms with Gasteiger partial charge in [0.15, 0.2) is 0 Å². The van der Waals surface area contributed by atoms with E-state index in [1.165, 1.54) is 13.2 Å². The number of aryl methyl sites for hydroxylation is 1. The normalized spacial score (nSPS) is 21.0. The average Bonchev–Trinajstić information content (AvgIpc) is 3.08. The maximum atomic E-state index is 13.8. The summed E-state index contributed by atoms with van der Waals surface area (Å²) in [5, 5.41) is 1.78. The zero-order valence-electron chi connectivity index (χ0n) is 17.8. The summed E-state index contributed by atoms with van der Waals surface area (Å²) >= 11 is 0. The number of hydrogen-bond acceptors (Lipinski definition) is 6. The second kappa shape index (κ2) is 9.21. The van der Waals surface area contributed by atoms with Gasteiger partial charge in [0.25, 0.3) is 0 Å². The summed E-state index contributed by atoms with van der Waals surface area (Å²) in [6.07, 6.45) is 0. The lowest BCUT2D eigenvalue weighted by Gasteiger charge is -2.30. The molecule has 2 aromatic rings. The van der Waals surface area contributed by atoms with Crippen LogP contribution in [0.1, 0.15) is 19.4 Å². The lowest BCUT2D eigenvalue weighted by atomic mass is 10.2. The number of nitrogens with one attached hydrogen (secondary N) is 3. The number of ether oxygens (including phenoxy) is 1. The van der Waals surface area contributed by atoms with E-state index in [0.29, 0.717) is 17.0 Å². The third kappa shape index (κ3) is 4.97. The molecule has 0 spiro atoms. The monoisotopic (exact) mass is 450 g/mol. The zero-order valence-corrected chi connectivity index (χ0v) is 18.7. The minimum atomic E-state index is -3.94. The Bertz CT molecular complexity index is 1040. The van der Waals surface area contributed by atoms with E-state index in [2.05, 4.69) is 16.2 Å². The van der Waals surface area contributed by atoms with E-state index in [4.69, 9.17) is 4.74 Å². The maximum Gasteiger partial charge on any atom is 0.245 e. The Hall–Kier alpha value is -2.69. The van der Waals surface area contributed by atoms with E-state index in [1.54, 1.807) is 57.2 Å². The molecule has 0 bridgehead atoms. The molecule has 168 valence electrons. The fourth-order valence-corrected chi connectivity index (χ4v) is 5.78. The number of rotatable bonds is 7. The second-order valence-electron chi connectivity index (χ2n) is 7.59. The molecule has 10 heteroatoms. The van der Waals surface area contributed by atoms with Gasteiger partial charge in [-0.25, -0.2) is 12.8 Å². The third-order valence-corrected chi connectivity index (χ3v) is 7.74. The van der Waals surface area contributed by atoms with Gasteiger partial charge < -0.3 is 10.1 Å². The van der Waals surface area contributed by atoms with Crippen LogP contribution < -0.4 is 25.2 Å². The van der Waals surface area contributed by atoms with Crippen LogP contribution in [0, 0.1) is 12.7 Å². The summed E-state index contributed by atoms with van der Waals surface area (Å²) in [5.74, 6) is -0.475. The van der Waals surface area contributed by atoms with Gasteiger partial charge in [-0.2, -0.15) is 0 Å². The highest BCUT2D eigenvalue weighted by atomic mass is 32.2. The number of benzene rings is 2. The fourth-order valence-electron chi connectivity index (χ4n) is 3.60. The van der Waals surface area contributed by atoms with Gasteiger partial charge >= 0.3 is 0 Å². The number of nitrogens with zero attached hydrogens (tertiary/aromatic N) is 1. The minimum absolute atomic E-state index is 0.256. The largest absolute Gasteiger partial charge is 0.497 e. The van der Waals surface area contributed by atoms with Crippen LogP contribution in [0.3, 0.4) is 0 Å². The molecule has 1 heterocycles. The van der Waals surface area contributed by atoms with Crippen LogP contribution in [0.5, 0.6) is 5.75 Å².